The van der Waals surface area contributed by atoms with Crippen LogP contribution in [0.25, 0.3) is 0 Å². The summed E-state index contributed by atoms with van der Waals surface area (Å²) in [5.41, 5.74) is 4.84. The second kappa shape index (κ2) is 5.04. The predicted molar refractivity (Wildman–Crippen MR) is 67.2 cm³/mol. The molecule has 0 heterocycles. The maximum absolute atomic E-state index is 13.2. The van der Waals surface area contributed by atoms with E-state index in [-0.39, 0.29) is 12.1 Å². The van der Waals surface area contributed by atoms with Gasteiger partial charge in [-0.15, -0.1) is 0 Å². The van der Waals surface area contributed by atoms with Crippen molar-refractivity contribution in [2.24, 2.45) is 5.73 Å². The molecular formula is C14H18F3NO. The van der Waals surface area contributed by atoms with E-state index < -0.39 is 17.2 Å². The Morgan fingerprint density at radius 3 is 2.37 bits per heavy atom. The monoisotopic (exact) mass is 273 g/mol. The van der Waals surface area contributed by atoms with E-state index in [0.717, 1.165) is 18.9 Å². The molecule has 1 aromatic rings. The Morgan fingerprint density at radius 1 is 1.26 bits per heavy atom. The number of hydrogen-bond acceptors (Lipinski definition) is 2. The van der Waals surface area contributed by atoms with Crippen LogP contribution in [-0.4, -0.2) is 13.7 Å². The average Bonchev–Trinajstić information content (AvgIpc) is 2.86. The number of nitrogens with two attached hydrogens (primary N) is 1. The van der Waals surface area contributed by atoms with Gasteiger partial charge in [-0.05, 0) is 25.0 Å². The molecule has 0 unspecified atom stereocenters. The molecule has 106 valence electrons. The number of methoxy groups -OCH3 is 1. The lowest BCUT2D eigenvalue weighted by atomic mass is 9.76. The second-order valence-electron chi connectivity index (χ2n) is 5.07. The first kappa shape index (κ1) is 14.2. The lowest BCUT2D eigenvalue weighted by Crippen LogP contribution is -2.34. The lowest BCUT2D eigenvalue weighted by Gasteiger charge is -2.32. The topological polar surface area (TPSA) is 35.2 Å². The standard InChI is InChI=1S/C14H18F3NO/c1-19-11-6-4-5-10(14(15,16)17)12(11)13(9-18)7-2-3-8-13/h4-6H,2-3,7-9,18H2,1H3. The van der Waals surface area contributed by atoms with E-state index in [2.05, 4.69) is 0 Å². The predicted octanol–water partition coefficient (Wildman–Crippen LogP) is 3.48. The molecule has 0 aliphatic heterocycles. The smallest absolute Gasteiger partial charge is 0.416 e. The summed E-state index contributed by atoms with van der Waals surface area (Å²) in [7, 11) is 1.40. The van der Waals surface area contributed by atoms with Crippen LogP contribution in [0.1, 0.15) is 36.8 Å². The van der Waals surface area contributed by atoms with Crippen molar-refractivity contribution in [1.82, 2.24) is 0 Å². The van der Waals surface area contributed by atoms with Gasteiger partial charge >= 0.3 is 6.18 Å². The fourth-order valence-electron chi connectivity index (χ4n) is 3.09. The number of benzene rings is 1. The number of rotatable bonds is 3. The first-order valence-electron chi connectivity index (χ1n) is 6.39. The van der Waals surface area contributed by atoms with Crippen molar-refractivity contribution in [2.45, 2.75) is 37.3 Å². The van der Waals surface area contributed by atoms with Gasteiger partial charge in [-0.1, -0.05) is 18.9 Å². The van der Waals surface area contributed by atoms with Crippen molar-refractivity contribution in [1.29, 1.82) is 0 Å². The summed E-state index contributed by atoms with van der Waals surface area (Å²) >= 11 is 0. The van der Waals surface area contributed by atoms with Crippen LogP contribution in [-0.2, 0) is 11.6 Å². The van der Waals surface area contributed by atoms with E-state index in [4.69, 9.17) is 10.5 Å². The Balaban J connectivity index is 2.65. The highest BCUT2D eigenvalue weighted by Gasteiger charge is 2.44. The molecule has 0 aromatic heterocycles. The molecule has 0 atom stereocenters. The van der Waals surface area contributed by atoms with Crippen LogP contribution >= 0.6 is 0 Å². The van der Waals surface area contributed by atoms with Gasteiger partial charge in [-0.25, -0.2) is 0 Å². The van der Waals surface area contributed by atoms with Crippen molar-refractivity contribution in [3.05, 3.63) is 29.3 Å². The van der Waals surface area contributed by atoms with Crippen LogP contribution in [0.3, 0.4) is 0 Å². The minimum atomic E-state index is -4.38. The molecule has 0 radical (unpaired) electrons. The Hall–Kier alpha value is -1.23. The van der Waals surface area contributed by atoms with Gasteiger partial charge in [0.05, 0.1) is 12.7 Å². The molecule has 1 aromatic carbocycles. The Labute approximate surface area is 110 Å². The van der Waals surface area contributed by atoms with Gasteiger partial charge in [0.2, 0.25) is 0 Å². The van der Waals surface area contributed by atoms with Crippen molar-refractivity contribution in [3.63, 3.8) is 0 Å². The van der Waals surface area contributed by atoms with Gasteiger partial charge in [0.1, 0.15) is 5.75 Å². The first-order valence-corrected chi connectivity index (χ1v) is 6.39. The van der Waals surface area contributed by atoms with Gasteiger partial charge in [0, 0.05) is 17.5 Å². The summed E-state index contributed by atoms with van der Waals surface area (Å²) in [6, 6.07) is 4.08. The van der Waals surface area contributed by atoms with E-state index >= 15 is 0 Å². The Kier molecular flexibility index (Phi) is 3.76. The molecule has 0 amide bonds. The van der Waals surface area contributed by atoms with E-state index in [0.29, 0.717) is 18.6 Å². The third kappa shape index (κ3) is 2.43. The van der Waals surface area contributed by atoms with Gasteiger partial charge in [-0.3, -0.25) is 0 Å². The van der Waals surface area contributed by atoms with E-state index in [1.54, 1.807) is 6.07 Å². The van der Waals surface area contributed by atoms with Crippen LogP contribution in [0.2, 0.25) is 0 Å². The largest absolute Gasteiger partial charge is 0.496 e. The van der Waals surface area contributed by atoms with Crippen molar-refractivity contribution in [3.8, 4) is 5.75 Å². The summed E-state index contributed by atoms with van der Waals surface area (Å²) in [4.78, 5) is 0. The van der Waals surface area contributed by atoms with E-state index in [9.17, 15) is 13.2 Å². The zero-order valence-electron chi connectivity index (χ0n) is 10.9. The summed E-state index contributed by atoms with van der Waals surface area (Å²) < 4.78 is 44.8. The van der Waals surface area contributed by atoms with Crippen LogP contribution in [0.4, 0.5) is 13.2 Å². The minimum Gasteiger partial charge on any atom is -0.496 e. The second-order valence-corrected chi connectivity index (χ2v) is 5.07. The molecule has 2 nitrogen and oxygen atoms in total. The van der Waals surface area contributed by atoms with Crippen LogP contribution < -0.4 is 10.5 Å². The highest BCUT2D eigenvalue weighted by molar-refractivity contribution is 5.48. The minimum absolute atomic E-state index is 0.219. The molecule has 0 saturated heterocycles. The van der Waals surface area contributed by atoms with Crippen LogP contribution in [0.5, 0.6) is 5.75 Å². The molecule has 2 rings (SSSR count). The van der Waals surface area contributed by atoms with E-state index in [1.165, 1.54) is 13.2 Å². The maximum Gasteiger partial charge on any atom is 0.416 e. The summed E-state index contributed by atoms with van der Waals surface area (Å²) in [5.74, 6) is 0.294. The summed E-state index contributed by atoms with van der Waals surface area (Å²) in [6.45, 7) is 0.219. The fourth-order valence-corrected chi connectivity index (χ4v) is 3.09. The zero-order valence-corrected chi connectivity index (χ0v) is 10.9. The summed E-state index contributed by atoms with van der Waals surface area (Å²) in [6.07, 6.45) is -1.19. The number of hydrogen-bond donors (Lipinski definition) is 1. The number of alkyl halides is 3. The molecule has 1 saturated carbocycles. The molecular weight excluding hydrogens is 255 g/mol. The number of halogens is 3. The number of ether oxygens (including phenoxy) is 1. The molecule has 19 heavy (non-hydrogen) atoms. The molecule has 1 aliphatic rings. The zero-order chi connectivity index (χ0) is 14.1. The van der Waals surface area contributed by atoms with E-state index in [1.807, 2.05) is 0 Å². The SMILES string of the molecule is COc1cccc(C(F)(F)F)c1C1(CN)CCCC1. The fraction of sp³-hybridized carbons (Fsp3) is 0.571. The Morgan fingerprint density at radius 2 is 1.89 bits per heavy atom. The molecule has 1 fully saturated rings. The third-order valence-electron chi connectivity index (χ3n) is 4.03. The third-order valence-corrected chi connectivity index (χ3v) is 4.03. The van der Waals surface area contributed by atoms with Gasteiger partial charge in [0.15, 0.2) is 0 Å². The normalized spacial score (nSPS) is 18.6. The van der Waals surface area contributed by atoms with Crippen LogP contribution in [0.15, 0.2) is 18.2 Å². The van der Waals surface area contributed by atoms with Gasteiger partial charge in [0.25, 0.3) is 0 Å². The molecule has 5 heteroatoms. The quantitative estimate of drug-likeness (QED) is 0.915. The molecule has 0 bridgehead atoms. The maximum atomic E-state index is 13.2. The van der Waals surface area contributed by atoms with Crippen LogP contribution in [0, 0.1) is 0 Å². The lowest BCUT2D eigenvalue weighted by molar-refractivity contribution is -0.138. The highest BCUT2D eigenvalue weighted by atomic mass is 19.4. The molecule has 1 aliphatic carbocycles. The molecule has 2 N–H and O–H groups in total. The average molecular weight is 273 g/mol. The summed E-state index contributed by atoms with van der Waals surface area (Å²) in [5, 5.41) is 0. The van der Waals surface area contributed by atoms with Crippen molar-refractivity contribution in [2.75, 3.05) is 13.7 Å². The van der Waals surface area contributed by atoms with Gasteiger partial charge in [-0.2, -0.15) is 13.2 Å². The van der Waals surface area contributed by atoms with Crippen molar-refractivity contribution >= 4 is 0 Å². The van der Waals surface area contributed by atoms with Crippen molar-refractivity contribution < 1.29 is 17.9 Å². The first-order chi connectivity index (χ1) is 8.94. The highest BCUT2D eigenvalue weighted by Crippen LogP contribution is 2.49. The van der Waals surface area contributed by atoms with Gasteiger partial charge < -0.3 is 10.5 Å². The Bertz CT molecular complexity index is 450. The molecule has 0 spiro atoms.